The summed E-state index contributed by atoms with van der Waals surface area (Å²) in [6.07, 6.45) is 0. The van der Waals surface area contributed by atoms with Gasteiger partial charge in [0.25, 0.3) is 5.91 Å². The summed E-state index contributed by atoms with van der Waals surface area (Å²) in [6, 6.07) is 5.38. The van der Waals surface area contributed by atoms with Crippen molar-refractivity contribution in [2.75, 3.05) is 5.32 Å². The summed E-state index contributed by atoms with van der Waals surface area (Å²) < 4.78 is 47.9. The predicted molar refractivity (Wildman–Crippen MR) is 74.2 cm³/mol. The van der Waals surface area contributed by atoms with Crippen LogP contribution in [0, 0.1) is 17.5 Å². The molecule has 110 valence electrons. The SMILES string of the molecule is O=C(Nc1cc(F)c(F)c(F)c1)c1ccc(Cl)c(SO)c1. The number of rotatable bonds is 3. The van der Waals surface area contributed by atoms with E-state index in [9.17, 15) is 18.0 Å². The molecule has 0 bridgehead atoms. The highest BCUT2D eigenvalue weighted by atomic mass is 35.5. The van der Waals surface area contributed by atoms with Crippen molar-refractivity contribution in [1.29, 1.82) is 0 Å². The summed E-state index contributed by atoms with van der Waals surface area (Å²) in [6.45, 7) is 0. The molecule has 0 aliphatic rings. The Balaban J connectivity index is 2.26. The Morgan fingerprint density at radius 3 is 2.33 bits per heavy atom. The van der Waals surface area contributed by atoms with Crippen LogP contribution in [-0.4, -0.2) is 10.5 Å². The molecule has 0 saturated heterocycles. The predicted octanol–water partition coefficient (Wildman–Crippen LogP) is 4.57. The van der Waals surface area contributed by atoms with Crippen molar-refractivity contribution >= 4 is 35.2 Å². The van der Waals surface area contributed by atoms with E-state index in [1.54, 1.807) is 0 Å². The zero-order valence-corrected chi connectivity index (χ0v) is 11.7. The summed E-state index contributed by atoms with van der Waals surface area (Å²) in [5, 5.41) is 2.47. The van der Waals surface area contributed by atoms with Gasteiger partial charge in [-0.3, -0.25) is 4.79 Å². The van der Waals surface area contributed by atoms with E-state index in [1.807, 2.05) is 0 Å². The summed E-state index contributed by atoms with van der Waals surface area (Å²) in [4.78, 5) is 12.2. The molecule has 2 aromatic carbocycles. The molecule has 0 aromatic heterocycles. The van der Waals surface area contributed by atoms with Crippen molar-refractivity contribution in [3.8, 4) is 0 Å². The van der Waals surface area contributed by atoms with Gasteiger partial charge in [-0.05, 0) is 18.2 Å². The van der Waals surface area contributed by atoms with Crippen LogP contribution in [0.5, 0.6) is 0 Å². The normalized spacial score (nSPS) is 10.5. The Bertz CT molecular complexity index is 689. The fraction of sp³-hybridized carbons (Fsp3) is 0. The number of hydrogen-bond acceptors (Lipinski definition) is 3. The molecule has 3 nitrogen and oxygen atoms in total. The Hall–Kier alpha value is -1.70. The molecule has 0 unspecified atom stereocenters. The quantitative estimate of drug-likeness (QED) is 0.638. The minimum atomic E-state index is -1.61. The standard InChI is InChI=1S/C13H7ClF3NO2S/c14-8-2-1-6(3-11(8)21-20)13(19)18-7-4-9(15)12(17)10(16)5-7/h1-5,20H,(H,18,19). The molecule has 2 aromatic rings. The third-order valence-electron chi connectivity index (χ3n) is 2.53. The summed E-state index contributed by atoms with van der Waals surface area (Å²) >= 11 is 6.13. The number of carbonyl (C=O) groups excluding carboxylic acids is 1. The van der Waals surface area contributed by atoms with Crippen LogP contribution in [0.4, 0.5) is 18.9 Å². The van der Waals surface area contributed by atoms with Gasteiger partial charge in [-0.25, -0.2) is 13.2 Å². The second-order valence-corrected chi connectivity index (χ2v) is 4.97. The minimum absolute atomic E-state index is 0.112. The first-order valence-electron chi connectivity index (χ1n) is 5.49. The van der Waals surface area contributed by atoms with Crippen LogP contribution < -0.4 is 5.32 Å². The lowest BCUT2D eigenvalue weighted by Gasteiger charge is -2.08. The van der Waals surface area contributed by atoms with Crippen molar-refractivity contribution in [2.45, 2.75) is 4.90 Å². The number of hydrogen-bond donors (Lipinski definition) is 2. The molecule has 8 heteroatoms. The maximum absolute atomic E-state index is 13.0. The van der Waals surface area contributed by atoms with Gasteiger partial charge in [0, 0.05) is 35.4 Å². The third-order valence-corrected chi connectivity index (χ3v) is 3.51. The molecule has 2 rings (SSSR count). The topological polar surface area (TPSA) is 49.3 Å². The Labute approximate surface area is 126 Å². The van der Waals surface area contributed by atoms with E-state index >= 15 is 0 Å². The molecule has 0 spiro atoms. The average Bonchev–Trinajstić information content (AvgIpc) is 2.45. The average molecular weight is 334 g/mol. The number of amides is 1. The number of anilines is 1. The van der Waals surface area contributed by atoms with E-state index < -0.39 is 23.4 Å². The monoisotopic (exact) mass is 333 g/mol. The largest absolute Gasteiger partial charge is 0.325 e. The van der Waals surface area contributed by atoms with E-state index in [2.05, 4.69) is 5.32 Å². The summed E-state index contributed by atoms with van der Waals surface area (Å²) in [7, 11) is 0. The van der Waals surface area contributed by atoms with Crippen LogP contribution in [-0.2, 0) is 0 Å². The van der Waals surface area contributed by atoms with E-state index in [-0.39, 0.29) is 21.2 Å². The molecule has 0 aliphatic heterocycles. The minimum Gasteiger partial charge on any atom is -0.325 e. The van der Waals surface area contributed by atoms with Crippen molar-refractivity contribution < 1.29 is 22.5 Å². The maximum Gasteiger partial charge on any atom is 0.255 e. The highest BCUT2D eigenvalue weighted by Gasteiger charge is 2.14. The lowest BCUT2D eigenvalue weighted by atomic mass is 10.2. The van der Waals surface area contributed by atoms with Crippen LogP contribution in [0.2, 0.25) is 5.02 Å². The van der Waals surface area contributed by atoms with E-state index in [0.717, 1.165) is 0 Å². The van der Waals surface area contributed by atoms with E-state index in [1.165, 1.54) is 18.2 Å². The Kier molecular flexibility index (Phi) is 4.76. The Morgan fingerprint density at radius 2 is 1.76 bits per heavy atom. The maximum atomic E-state index is 13.0. The molecule has 0 heterocycles. The van der Waals surface area contributed by atoms with Crippen molar-refractivity contribution in [3.63, 3.8) is 0 Å². The Morgan fingerprint density at radius 1 is 1.14 bits per heavy atom. The molecular formula is C13H7ClF3NO2S. The summed E-state index contributed by atoms with van der Waals surface area (Å²) in [5.41, 5.74) is -0.120. The van der Waals surface area contributed by atoms with Crippen molar-refractivity contribution in [3.05, 3.63) is 58.4 Å². The van der Waals surface area contributed by atoms with Crippen molar-refractivity contribution in [2.24, 2.45) is 0 Å². The van der Waals surface area contributed by atoms with Crippen LogP contribution in [0.3, 0.4) is 0 Å². The van der Waals surface area contributed by atoms with E-state index in [4.69, 9.17) is 16.2 Å². The molecule has 0 radical (unpaired) electrons. The summed E-state index contributed by atoms with van der Waals surface area (Å²) in [5.74, 6) is -5.12. The number of nitrogens with one attached hydrogen (secondary N) is 1. The van der Waals surface area contributed by atoms with Gasteiger partial charge in [0.05, 0.1) is 9.92 Å². The molecule has 0 saturated carbocycles. The van der Waals surface area contributed by atoms with Gasteiger partial charge in [-0.15, -0.1) is 0 Å². The van der Waals surface area contributed by atoms with Crippen LogP contribution in [0.15, 0.2) is 35.2 Å². The molecule has 2 N–H and O–H groups in total. The number of halogens is 4. The van der Waals surface area contributed by atoms with E-state index in [0.29, 0.717) is 24.2 Å². The molecule has 0 aliphatic carbocycles. The van der Waals surface area contributed by atoms with Gasteiger partial charge in [0.1, 0.15) is 0 Å². The first-order chi connectivity index (χ1) is 9.92. The van der Waals surface area contributed by atoms with Crippen LogP contribution in [0.1, 0.15) is 10.4 Å². The fourth-order valence-electron chi connectivity index (χ4n) is 1.55. The van der Waals surface area contributed by atoms with Crippen molar-refractivity contribution in [1.82, 2.24) is 0 Å². The van der Waals surface area contributed by atoms with Crippen LogP contribution in [0.25, 0.3) is 0 Å². The second kappa shape index (κ2) is 6.38. The van der Waals surface area contributed by atoms with Gasteiger partial charge in [0.2, 0.25) is 0 Å². The lowest BCUT2D eigenvalue weighted by molar-refractivity contribution is 0.102. The zero-order chi connectivity index (χ0) is 15.6. The molecule has 0 fully saturated rings. The molecule has 1 amide bonds. The smallest absolute Gasteiger partial charge is 0.255 e. The highest BCUT2D eigenvalue weighted by Crippen LogP contribution is 2.26. The van der Waals surface area contributed by atoms with Gasteiger partial charge < -0.3 is 9.87 Å². The highest BCUT2D eigenvalue weighted by molar-refractivity contribution is 7.93. The number of carbonyl (C=O) groups is 1. The van der Waals surface area contributed by atoms with Gasteiger partial charge >= 0.3 is 0 Å². The molecule has 21 heavy (non-hydrogen) atoms. The van der Waals surface area contributed by atoms with Gasteiger partial charge in [0.15, 0.2) is 17.5 Å². The number of benzene rings is 2. The van der Waals surface area contributed by atoms with Gasteiger partial charge in [-0.1, -0.05) is 11.6 Å². The lowest BCUT2D eigenvalue weighted by Crippen LogP contribution is -2.12. The third kappa shape index (κ3) is 3.49. The molecular weight excluding hydrogens is 327 g/mol. The first kappa shape index (κ1) is 15.7. The fourth-order valence-corrected chi connectivity index (χ4v) is 2.10. The zero-order valence-electron chi connectivity index (χ0n) is 10.2. The second-order valence-electron chi connectivity index (χ2n) is 3.94. The van der Waals surface area contributed by atoms with Crippen LogP contribution >= 0.6 is 23.6 Å². The van der Waals surface area contributed by atoms with Gasteiger partial charge in [-0.2, -0.15) is 0 Å². The first-order valence-corrected chi connectivity index (χ1v) is 6.64. The molecule has 0 atom stereocenters.